The quantitative estimate of drug-likeness (QED) is 0.569. The second-order valence-corrected chi connectivity index (χ2v) is 3.31. The minimum atomic E-state index is -0.513. The third-order valence-electron chi connectivity index (χ3n) is 1.34. The third kappa shape index (κ3) is 7.92. The van der Waals surface area contributed by atoms with Crippen molar-refractivity contribution in [2.75, 3.05) is 13.1 Å². The van der Waals surface area contributed by atoms with E-state index in [4.69, 9.17) is 0 Å². The Labute approximate surface area is 63.6 Å². The molecule has 62 valence electrons. The van der Waals surface area contributed by atoms with Crippen molar-refractivity contribution in [1.29, 1.82) is 0 Å². The van der Waals surface area contributed by atoms with Crippen molar-refractivity contribution in [2.24, 2.45) is 0 Å². The molecule has 0 fully saturated rings. The highest BCUT2D eigenvalue weighted by atomic mass is 16.3. The van der Waals surface area contributed by atoms with Crippen LogP contribution in [0.15, 0.2) is 0 Å². The van der Waals surface area contributed by atoms with Crippen LogP contribution in [0.25, 0.3) is 0 Å². The molecule has 0 aliphatic rings. The van der Waals surface area contributed by atoms with Crippen LogP contribution in [0.3, 0.4) is 0 Å². The monoisotopic (exact) mass is 145 g/mol. The van der Waals surface area contributed by atoms with E-state index in [2.05, 4.69) is 12.2 Å². The van der Waals surface area contributed by atoms with E-state index in [1.807, 2.05) is 13.8 Å². The Bertz CT molecular complexity index is 75.8. The Kier molecular flexibility index (Phi) is 4.65. The van der Waals surface area contributed by atoms with E-state index in [9.17, 15) is 5.11 Å². The molecule has 0 unspecified atom stereocenters. The molecule has 2 nitrogen and oxygen atoms in total. The summed E-state index contributed by atoms with van der Waals surface area (Å²) in [5, 5.41) is 12.5. The summed E-state index contributed by atoms with van der Waals surface area (Å²) in [5.74, 6) is 0. The fourth-order valence-corrected chi connectivity index (χ4v) is 0.696. The molecular weight excluding hydrogens is 126 g/mol. The Hall–Kier alpha value is -0.0800. The Morgan fingerprint density at radius 1 is 1.30 bits per heavy atom. The molecule has 0 saturated heterocycles. The smallest absolute Gasteiger partial charge is 0.0603 e. The SMILES string of the molecule is CCCNCCC(C)(C)O. The Morgan fingerprint density at radius 2 is 1.90 bits per heavy atom. The number of hydrogen-bond donors (Lipinski definition) is 2. The van der Waals surface area contributed by atoms with Gasteiger partial charge in [0, 0.05) is 0 Å². The zero-order valence-corrected chi connectivity index (χ0v) is 7.28. The Morgan fingerprint density at radius 3 is 2.30 bits per heavy atom. The molecule has 0 saturated carbocycles. The molecule has 0 heterocycles. The van der Waals surface area contributed by atoms with Crippen molar-refractivity contribution in [1.82, 2.24) is 5.32 Å². The van der Waals surface area contributed by atoms with Crippen LogP contribution in [0, 0.1) is 0 Å². The largest absolute Gasteiger partial charge is 0.390 e. The minimum Gasteiger partial charge on any atom is -0.390 e. The molecule has 0 aromatic heterocycles. The first kappa shape index (κ1) is 9.92. The molecular formula is C8H19NO. The summed E-state index contributed by atoms with van der Waals surface area (Å²) in [6, 6.07) is 0. The highest BCUT2D eigenvalue weighted by Gasteiger charge is 2.10. The molecule has 10 heavy (non-hydrogen) atoms. The van der Waals surface area contributed by atoms with Gasteiger partial charge in [0.15, 0.2) is 0 Å². The van der Waals surface area contributed by atoms with Crippen LogP contribution in [0.5, 0.6) is 0 Å². The zero-order valence-electron chi connectivity index (χ0n) is 7.28. The Balaban J connectivity index is 3.04. The number of aliphatic hydroxyl groups is 1. The molecule has 2 N–H and O–H groups in total. The van der Waals surface area contributed by atoms with E-state index in [1.54, 1.807) is 0 Å². The predicted octanol–water partition coefficient (Wildman–Crippen LogP) is 1.15. The fraction of sp³-hybridized carbons (Fsp3) is 1.00. The molecule has 2 heteroatoms. The van der Waals surface area contributed by atoms with Crippen LogP contribution in [0.1, 0.15) is 33.6 Å². The fourth-order valence-electron chi connectivity index (χ4n) is 0.696. The summed E-state index contributed by atoms with van der Waals surface area (Å²) in [5.41, 5.74) is -0.513. The molecule has 0 aliphatic heterocycles. The predicted molar refractivity (Wildman–Crippen MR) is 44.1 cm³/mol. The second kappa shape index (κ2) is 4.69. The number of rotatable bonds is 5. The van der Waals surface area contributed by atoms with Crippen molar-refractivity contribution in [3.05, 3.63) is 0 Å². The number of hydrogen-bond acceptors (Lipinski definition) is 2. The first-order valence-corrected chi connectivity index (χ1v) is 3.99. The molecule has 0 atom stereocenters. The standard InChI is InChI=1S/C8H19NO/c1-4-6-9-7-5-8(2,3)10/h9-10H,4-7H2,1-3H3. The average Bonchev–Trinajstić information content (AvgIpc) is 1.78. The van der Waals surface area contributed by atoms with Gasteiger partial charge >= 0.3 is 0 Å². The summed E-state index contributed by atoms with van der Waals surface area (Å²) < 4.78 is 0. The second-order valence-electron chi connectivity index (χ2n) is 3.31. The van der Waals surface area contributed by atoms with Gasteiger partial charge in [0.2, 0.25) is 0 Å². The van der Waals surface area contributed by atoms with E-state index in [0.717, 1.165) is 25.9 Å². The van der Waals surface area contributed by atoms with E-state index in [1.165, 1.54) is 0 Å². The van der Waals surface area contributed by atoms with Crippen molar-refractivity contribution < 1.29 is 5.11 Å². The van der Waals surface area contributed by atoms with E-state index in [-0.39, 0.29) is 0 Å². The van der Waals surface area contributed by atoms with Gasteiger partial charge in [-0.3, -0.25) is 0 Å². The van der Waals surface area contributed by atoms with Gasteiger partial charge in [0.25, 0.3) is 0 Å². The van der Waals surface area contributed by atoms with Gasteiger partial charge in [0.1, 0.15) is 0 Å². The van der Waals surface area contributed by atoms with E-state index < -0.39 is 5.60 Å². The van der Waals surface area contributed by atoms with Gasteiger partial charge < -0.3 is 10.4 Å². The van der Waals surface area contributed by atoms with Crippen LogP contribution < -0.4 is 5.32 Å². The molecule has 0 aromatic rings. The van der Waals surface area contributed by atoms with Crippen molar-refractivity contribution in [3.8, 4) is 0 Å². The average molecular weight is 145 g/mol. The maximum absolute atomic E-state index is 9.28. The van der Waals surface area contributed by atoms with Crippen LogP contribution in [0.2, 0.25) is 0 Å². The lowest BCUT2D eigenvalue weighted by Crippen LogP contribution is -2.26. The van der Waals surface area contributed by atoms with Gasteiger partial charge in [-0.2, -0.15) is 0 Å². The van der Waals surface area contributed by atoms with Crippen molar-refractivity contribution >= 4 is 0 Å². The minimum absolute atomic E-state index is 0.513. The maximum Gasteiger partial charge on any atom is 0.0603 e. The molecule has 0 amide bonds. The first-order valence-electron chi connectivity index (χ1n) is 3.99. The number of nitrogens with one attached hydrogen (secondary N) is 1. The summed E-state index contributed by atoms with van der Waals surface area (Å²) in [7, 11) is 0. The highest BCUT2D eigenvalue weighted by molar-refractivity contribution is 4.65. The third-order valence-corrected chi connectivity index (χ3v) is 1.34. The van der Waals surface area contributed by atoms with Gasteiger partial charge in [-0.1, -0.05) is 6.92 Å². The zero-order chi connectivity index (χ0) is 8.04. The topological polar surface area (TPSA) is 32.3 Å². The first-order chi connectivity index (χ1) is 4.56. The lowest BCUT2D eigenvalue weighted by Gasteiger charge is -2.16. The molecule has 0 bridgehead atoms. The summed E-state index contributed by atoms with van der Waals surface area (Å²) in [4.78, 5) is 0. The van der Waals surface area contributed by atoms with E-state index in [0.29, 0.717) is 0 Å². The maximum atomic E-state index is 9.28. The van der Waals surface area contributed by atoms with Gasteiger partial charge in [-0.25, -0.2) is 0 Å². The normalized spacial score (nSPS) is 12.0. The van der Waals surface area contributed by atoms with Crippen LogP contribution in [-0.2, 0) is 0 Å². The van der Waals surface area contributed by atoms with Gasteiger partial charge in [-0.15, -0.1) is 0 Å². The van der Waals surface area contributed by atoms with Gasteiger partial charge in [-0.05, 0) is 39.8 Å². The summed E-state index contributed by atoms with van der Waals surface area (Å²) in [6.07, 6.45) is 1.98. The van der Waals surface area contributed by atoms with Crippen LogP contribution in [0.4, 0.5) is 0 Å². The molecule has 0 rings (SSSR count). The van der Waals surface area contributed by atoms with Crippen molar-refractivity contribution in [2.45, 2.75) is 39.2 Å². The molecule has 0 radical (unpaired) electrons. The van der Waals surface area contributed by atoms with Crippen LogP contribution >= 0.6 is 0 Å². The van der Waals surface area contributed by atoms with Gasteiger partial charge in [0.05, 0.1) is 5.60 Å². The molecule has 0 spiro atoms. The summed E-state index contributed by atoms with van der Waals surface area (Å²) in [6.45, 7) is 7.77. The van der Waals surface area contributed by atoms with Crippen molar-refractivity contribution in [3.63, 3.8) is 0 Å². The highest BCUT2D eigenvalue weighted by Crippen LogP contribution is 2.04. The van der Waals surface area contributed by atoms with Crippen LogP contribution in [-0.4, -0.2) is 23.8 Å². The van der Waals surface area contributed by atoms with E-state index >= 15 is 0 Å². The molecule has 0 aliphatic carbocycles. The summed E-state index contributed by atoms with van der Waals surface area (Å²) >= 11 is 0. The lowest BCUT2D eigenvalue weighted by molar-refractivity contribution is 0.0713. The molecule has 0 aromatic carbocycles. The lowest BCUT2D eigenvalue weighted by atomic mass is 10.1.